The number of amides is 2. The van der Waals surface area contributed by atoms with Gasteiger partial charge in [-0.15, -0.1) is 0 Å². The van der Waals surface area contributed by atoms with E-state index in [4.69, 9.17) is 10.5 Å². The maximum atomic E-state index is 12.7. The number of carbonyl (C=O) groups excluding carboxylic acids is 2. The van der Waals surface area contributed by atoms with Crippen molar-refractivity contribution in [2.45, 2.75) is 38.6 Å². The highest BCUT2D eigenvalue weighted by Crippen LogP contribution is 2.28. The van der Waals surface area contributed by atoms with Crippen LogP contribution in [0.4, 0.5) is 0 Å². The molecular weight excluding hydrogens is 280 g/mol. The van der Waals surface area contributed by atoms with Crippen LogP contribution in [0.3, 0.4) is 0 Å². The van der Waals surface area contributed by atoms with Crippen LogP contribution < -0.4 is 10.5 Å². The van der Waals surface area contributed by atoms with Gasteiger partial charge in [0.05, 0.1) is 0 Å². The first-order valence-electron chi connectivity index (χ1n) is 7.77. The zero-order valence-corrected chi connectivity index (χ0v) is 13.2. The van der Waals surface area contributed by atoms with E-state index >= 15 is 0 Å². The molecule has 2 N–H and O–H groups in total. The molecular formula is C17H24N2O3. The lowest BCUT2D eigenvalue weighted by Gasteiger charge is -2.36. The number of nitrogens with zero attached hydrogens (tertiary/aromatic N) is 1. The van der Waals surface area contributed by atoms with Crippen molar-refractivity contribution in [1.29, 1.82) is 0 Å². The lowest BCUT2D eigenvalue weighted by Crippen LogP contribution is -2.42. The molecule has 120 valence electrons. The summed E-state index contributed by atoms with van der Waals surface area (Å²) in [5.41, 5.74) is 5.63. The third-order valence-electron chi connectivity index (χ3n) is 4.35. The van der Waals surface area contributed by atoms with Crippen LogP contribution >= 0.6 is 0 Å². The summed E-state index contributed by atoms with van der Waals surface area (Å²) in [6.07, 6.45) is 4.65. The Hall–Kier alpha value is -2.04. The number of benzene rings is 1. The summed E-state index contributed by atoms with van der Waals surface area (Å²) >= 11 is 0. The fourth-order valence-electron chi connectivity index (χ4n) is 3.10. The van der Waals surface area contributed by atoms with Crippen molar-refractivity contribution in [3.63, 3.8) is 0 Å². The minimum absolute atomic E-state index is 0.0109. The Labute approximate surface area is 131 Å². The average Bonchev–Trinajstić information content (AvgIpc) is 2.52. The van der Waals surface area contributed by atoms with Crippen molar-refractivity contribution < 1.29 is 14.3 Å². The first kappa shape index (κ1) is 16.3. The molecule has 1 aliphatic rings. The van der Waals surface area contributed by atoms with Gasteiger partial charge in [-0.1, -0.05) is 25.8 Å². The van der Waals surface area contributed by atoms with E-state index in [0.717, 1.165) is 6.42 Å². The Balaban J connectivity index is 2.07. The van der Waals surface area contributed by atoms with Gasteiger partial charge >= 0.3 is 0 Å². The molecule has 0 bridgehead atoms. The first-order valence-corrected chi connectivity index (χ1v) is 7.77. The molecule has 0 aromatic heterocycles. The van der Waals surface area contributed by atoms with Crippen LogP contribution in [0.25, 0.3) is 0 Å². The van der Waals surface area contributed by atoms with Crippen LogP contribution in [-0.2, 0) is 4.79 Å². The third-order valence-corrected chi connectivity index (χ3v) is 4.35. The van der Waals surface area contributed by atoms with E-state index in [-0.39, 0.29) is 18.6 Å². The van der Waals surface area contributed by atoms with Crippen LogP contribution in [0, 0.1) is 5.92 Å². The summed E-state index contributed by atoms with van der Waals surface area (Å²) in [6, 6.07) is 7.18. The molecule has 0 saturated heterocycles. The van der Waals surface area contributed by atoms with Crippen molar-refractivity contribution in [1.82, 2.24) is 4.90 Å². The topological polar surface area (TPSA) is 72.6 Å². The second kappa shape index (κ2) is 7.29. The van der Waals surface area contributed by atoms with Crippen molar-refractivity contribution in [2.24, 2.45) is 11.7 Å². The Kier molecular flexibility index (Phi) is 5.41. The number of primary amides is 1. The van der Waals surface area contributed by atoms with Gasteiger partial charge in [0.25, 0.3) is 11.8 Å². The van der Waals surface area contributed by atoms with E-state index in [1.54, 1.807) is 24.3 Å². The van der Waals surface area contributed by atoms with Gasteiger partial charge in [0, 0.05) is 18.7 Å². The molecule has 1 aliphatic carbocycles. The minimum Gasteiger partial charge on any atom is -0.484 e. The van der Waals surface area contributed by atoms with Crippen molar-refractivity contribution in [3.8, 4) is 5.75 Å². The summed E-state index contributed by atoms with van der Waals surface area (Å²) in [4.78, 5) is 25.3. The van der Waals surface area contributed by atoms with Crippen LogP contribution in [-0.4, -0.2) is 36.4 Å². The minimum atomic E-state index is -0.537. The predicted molar refractivity (Wildman–Crippen MR) is 84.6 cm³/mol. The molecule has 0 heterocycles. The van der Waals surface area contributed by atoms with Gasteiger partial charge in [-0.3, -0.25) is 9.59 Å². The molecule has 5 nitrogen and oxygen atoms in total. The molecule has 1 saturated carbocycles. The second-order valence-electron chi connectivity index (χ2n) is 6.03. The largest absolute Gasteiger partial charge is 0.484 e. The molecule has 22 heavy (non-hydrogen) atoms. The first-order chi connectivity index (χ1) is 10.5. The Morgan fingerprint density at radius 3 is 2.73 bits per heavy atom. The van der Waals surface area contributed by atoms with Gasteiger partial charge in [-0.05, 0) is 37.0 Å². The quantitative estimate of drug-likeness (QED) is 0.906. The molecule has 2 unspecified atom stereocenters. The second-order valence-corrected chi connectivity index (χ2v) is 6.03. The van der Waals surface area contributed by atoms with E-state index < -0.39 is 5.91 Å². The molecule has 2 amide bonds. The monoisotopic (exact) mass is 304 g/mol. The highest BCUT2D eigenvalue weighted by atomic mass is 16.5. The van der Waals surface area contributed by atoms with Gasteiger partial charge in [0.15, 0.2) is 6.61 Å². The van der Waals surface area contributed by atoms with Gasteiger partial charge in [-0.2, -0.15) is 0 Å². The average molecular weight is 304 g/mol. The van der Waals surface area contributed by atoms with E-state index in [1.807, 2.05) is 11.9 Å². The summed E-state index contributed by atoms with van der Waals surface area (Å²) in [5.74, 6) is 0.458. The molecule has 1 aromatic rings. The summed E-state index contributed by atoms with van der Waals surface area (Å²) in [7, 11) is 1.87. The molecule has 1 fully saturated rings. The van der Waals surface area contributed by atoms with E-state index in [2.05, 4.69) is 6.92 Å². The molecule has 0 spiro atoms. The van der Waals surface area contributed by atoms with Crippen molar-refractivity contribution in [3.05, 3.63) is 29.8 Å². The van der Waals surface area contributed by atoms with Gasteiger partial charge < -0.3 is 15.4 Å². The van der Waals surface area contributed by atoms with Crippen LogP contribution in [0.5, 0.6) is 5.75 Å². The molecule has 1 aromatic carbocycles. The van der Waals surface area contributed by atoms with Gasteiger partial charge in [-0.25, -0.2) is 0 Å². The fourth-order valence-corrected chi connectivity index (χ4v) is 3.10. The SMILES string of the molecule is CC1CCCCC1N(C)C(=O)c1cccc(OCC(N)=O)c1. The molecule has 0 radical (unpaired) electrons. The lowest BCUT2D eigenvalue weighted by atomic mass is 9.85. The maximum absolute atomic E-state index is 12.7. The van der Waals surface area contributed by atoms with Crippen molar-refractivity contribution >= 4 is 11.8 Å². The summed E-state index contributed by atoms with van der Waals surface area (Å²) in [5, 5.41) is 0. The Morgan fingerprint density at radius 1 is 1.32 bits per heavy atom. The van der Waals surface area contributed by atoms with Crippen LogP contribution in [0.15, 0.2) is 24.3 Å². The van der Waals surface area contributed by atoms with Crippen molar-refractivity contribution in [2.75, 3.05) is 13.7 Å². The number of hydrogen-bond acceptors (Lipinski definition) is 3. The summed E-state index contributed by atoms with van der Waals surface area (Å²) in [6.45, 7) is 2.02. The normalized spacial score (nSPS) is 21.2. The molecule has 5 heteroatoms. The van der Waals surface area contributed by atoms with E-state index in [1.165, 1.54) is 19.3 Å². The van der Waals surface area contributed by atoms with Gasteiger partial charge in [0.2, 0.25) is 0 Å². The van der Waals surface area contributed by atoms with Crippen LogP contribution in [0.2, 0.25) is 0 Å². The third kappa shape index (κ3) is 4.00. The number of carbonyl (C=O) groups is 2. The van der Waals surface area contributed by atoms with Crippen LogP contribution in [0.1, 0.15) is 43.0 Å². The highest BCUT2D eigenvalue weighted by molar-refractivity contribution is 5.94. The van der Waals surface area contributed by atoms with E-state index in [0.29, 0.717) is 17.2 Å². The molecule has 2 atom stereocenters. The summed E-state index contributed by atoms with van der Waals surface area (Å²) < 4.78 is 5.26. The smallest absolute Gasteiger partial charge is 0.255 e. The number of rotatable bonds is 5. The Morgan fingerprint density at radius 2 is 2.05 bits per heavy atom. The standard InChI is InChI=1S/C17H24N2O3/c1-12-6-3-4-9-15(12)19(2)17(21)13-7-5-8-14(10-13)22-11-16(18)20/h5,7-8,10,12,15H,3-4,6,9,11H2,1-2H3,(H2,18,20). The maximum Gasteiger partial charge on any atom is 0.255 e. The molecule has 0 aliphatic heterocycles. The zero-order chi connectivity index (χ0) is 16.1. The zero-order valence-electron chi connectivity index (χ0n) is 13.2. The number of nitrogens with two attached hydrogens (primary N) is 1. The molecule has 2 rings (SSSR count). The lowest BCUT2D eigenvalue weighted by molar-refractivity contribution is -0.119. The van der Waals surface area contributed by atoms with Gasteiger partial charge in [0.1, 0.15) is 5.75 Å². The predicted octanol–water partition coefficient (Wildman–Crippen LogP) is 2.20. The number of hydrogen-bond donors (Lipinski definition) is 1. The van der Waals surface area contributed by atoms with E-state index in [9.17, 15) is 9.59 Å². The highest BCUT2D eigenvalue weighted by Gasteiger charge is 2.28. The number of ether oxygens (including phenoxy) is 1. The fraction of sp³-hybridized carbons (Fsp3) is 0.529. The Bertz CT molecular complexity index is 544.